The zero-order valence-electron chi connectivity index (χ0n) is 18.0. The monoisotopic (exact) mass is 546 g/mol. The van der Waals surface area contributed by atoms with Gasteiger partial charge in [-0.15, -0.1) is 11.6 Å². The molecule has 0 amide bonds. The molecule has 34 heavy (non-hydrogen) atoms. The van der Waals surface area contributed by atoms with E-state index in [0.29, 0.717) is 39.7 Å². The molecule has 4 rings (SSSR count). The Morgan fingerprint density at radius 3 is 1.62 bits per heavy atom. The molecule has 0 aliphatic rings. The van der Waals surface area contributed by atoms with E-state index in [4.69, 9.17) is 20.9 Å². The van der Waals surface area contributed by atoms with Gasteiger partial charge in [-0.3, -0.25) is 9.97 Å². The lowest BCUT2D eigenvalue weighted by Gasteiger charge is -2.08. The van der Waals surface area contributed by atoms with Gasteiger partial charge in [0.1, 0.15) is 23.1 Å². The molecule has 0 aromatic carbocycles. The molecule has 4 heterocycles. The number of aryl methyl sites for hydroxylation is 2. The van der Waals surface area contributed by atoms with Crippen LogP contribution >= 0.6 is 33.0 Å². The first-order chi connectivity index (χ1) is 16.2. The van der Waals surface area contributed by atoms with E-state index in [1.807, 2.05) is 0 Å². The van der Waals surface area contributed by atoms with Crippen LogP contribution in [0.2, 0.25) is 0 Å². The van der Waals surface area contributed by atoms with E-state index >= 15 is 0 Å². The number of aliphatic hydroxyl groups excluding tert-OH is 1. The van der Waals surface area contributed by atoms with Crippen LogP contribution in [0, 0.1) is 13.8 Å². The quantitative estimate of drug-likeness (QED) is 0.187. The molecule has 0 radical (unpaired) electrons. The number of nitrogens with zero attached hydrogens (tertiary/aromatic N) is 4. The van der Waals surface area contributed by atoms with Gasteiger partial charge in [-0.25, -0.2) is 14.2 Å². The van der Waals surface area contributed by atoms with E-state index in [2.05, 4.69) is 51.3 Å². The van der Waals surface area contributed by atoms with Crippen molar-refractivity contribution in [1.82, 2.24) is 29.9 Å². The molecule has 0 aliphatic heterocycles. The second-order valence-electron chi connectivity index (χ2n) is 6.54. The Balaban J connectivity index is 0.000000208. The van der Waals surface area contributed by atoms with Crippen LogP contribution in [0.4, 0.5) is 0 Å². The number of aromatic amines is 2. The van der Waals surface area contributed by atoms with Crippen molar-refractivity contribution in [3.63, 3.8) is 0 Å². The summed E-state index contributed by atoms with van der Waals surface area (Å²) in [4.78, 5) is 22.0. The lowest BCUT2D eigenvalue weighted by Crippen LogP contribution is -1.96. The smallest absolute Gasteiger partial charge is 0.211 e. The van der Waals surface area contributed by atoms with Crippen molar-refractivity contribution < 1.29 is 19.5 Å². The number of aromatic hydroxyl groups is 2. The number of H-pyrrole nitrogens is 2. The highest BCUT2D eigenvalue weighted by Crippen LogP contribution is 2.33. The third-order valence-electron chi connectivity index (χ3n) is 4.41. The largest absolute Gasteiger partial charge is 0.505 e. The molecule has 0 aliphatic carbocycles. The second-order valence-corrected chi connectivity index (χ2v) is 9.33. The first-order valence-corrected chi connectivity index (χ1v) is 12.8. The second kappa shape index (κ2) is 13.3. The highest BCUT2D eigenvalue weighted by Gasteiger charge is 2.15. The third kappa shape index (κ3) is 7.15. The maximum absolute atomic E-state index is 9.90. The van der Waals surface area contributed by atoms with E-state index in [-0.39, 0.29) is 24.0 Å². The molecule has 5 N–H and O–H groups in total. The van der Waals surface area contributed by atoms with Crippen LogP contribution in [0.3, 0.4) is 0 Å². The predicted octanol–water partition coefficient (Wildman–Crippen LogP) is 4.25. The lowest BCUT2D eigenvalue weighted by atomic mass is 10.1. The van der Waals surface area contributed by atoms with Crippen LogP contribution in [0.5, 0.6) is 11.5 Å². The van der Waals surface area contributed by atoms with Gasteiger partial charge in [0.2, 0.25) is 9.23 Å². The standard InChI is InChI=1S/C10H10ClN3O.C10H11N3O2.Cl2OS/c1-6-9(15)8(7(4-11)5-14-6)10-12-2-3-13-10;1-6-9(15)8(7(5-14)4-13-6)10-11-2-3-12-10;1-4(2)3/h2-3,5,15H,4H2,1H3,(H,12,13);2-4,14-15H,5H2,1H3,(H,11,12);. The van der Waals surface area contributed by atoms with E-state index in [1.54, 1.807) is 44.8 Å². The summed E-state index contributed by atoms with van der Waals surface area (Å²) in [7, 11) is 7.36. The van der Waals surface area contributed by atoms with Crippen LogP contribution < -0.4 is 0 Å². The van der Waals surface area contributed by atoms with Crippen LogP contribution in [-0.2, 0) is 21.7 Å². The Kier molecular flexibility index (Phi) is 10.7. The Bertz CT molecular complexity index is 1130. The van der Waals surface area contributed by atoms with Crippen molar-refractivity contribution in [3.8, 4) is 34.3 Å². The van der Waals surface area contributed by atoms with E-state index in [9.17, 15) is 10.2 Å². The molecule has 14 heteroatoms. The van der Waals surface area contributed by atoms with Crippen LogP contribution in [-0.4, -0.2) is 49.4 Å². The average Bonchev–Trinajstić information content (AvgIpc) is 3.52. The highest BCUT2D eigenvalue weighted by molar-refractivity contribution is 8.26. The molecule has 0 atom stereocenters. The number of pyridine rings is 2. The number of imidazole rings is 2. The predicted molar refractivity (Wildman–Crippen MR) is 132 cm³/mol. The summed E-state index contributed by atoms with van der Waals surface area (Å²) in [6.07, 6.45) is 9.76. The minimum Gasteiger partial charge on any atom is -0.505 e. The Morgan fingerprint density at radius 2 is 1.26 bits per heavy atom. The minimum absolute atomic E-state index is 0.0523. The summed E-state index contributed by atoms with van der Waals surface area (Å²) >= 11 is 5.78. The topological polar surface area (TPSA) is 161 Å². The van der Waals surface area contributed by atoms with Gasteiger partial charge in [-0.05, 0) is 19.4 Å². The molecule has 0 saturated heterocycles. The number of halogens is 3. The van der Waals surface area contributed by atoms with Gasteiger partial charge in [0.25, 0.3) is 0 Å². The number of alkyl halides is 1. The summed E-state index contributed by atoms with van der Waals surface area (Å²) in [5.74, 6) is 1.60. The maximum atomic E-state index is 9.90. The van der Waals surface area contributed by atoms with E-state index < -0.39 is 9.23 Å². The number of rotatable bonds is 4. The first kappa shape index (κ1) is 27.5. The van der Waals surface area contributed by atoms with Gasteiger partial charge in [0.15, 0.2) is 0 Å². The van der Waals surface area contributed by atoms with Crippen molar-refractivity contribution in [1.29, 1.82) is 0 Å². The zero-order valence-corrected chi connectivity index (χ0v) is 21.0. The van der Waals surface area contributed by atoms with Crippen molar-refractivity contribution in [3.05, 3.63) is 59.7 Å². The number of nitrogens with one attached hydrogen (secondary N) is 2. The van der Waals surface area contributed by atoms with E-state index in [1.165, 1.54) is 6.20 Å². The highest BCUT2D eigenvalue weighted by atomic mass is 36.0. The van der Waals surface area contributed by atoms with Gasteiger partial charge in [-0.1, -0.05) is 0 Å². The molecule has 182 valence electrons. The number of hydrogen-bond donors (Lipinski definition) is 5. The average molecular weight is 548 g/mol. The van der Waals surface area contributed by atoms with Crippen molar-refractivity contribution in [2.45, 2.75) is 26.3 Å². The summed E-state index contributed by atoms with van der Waals surface area (Å²) < 4.78 is 9.09. The molecule has 0 fully saturated rings. The van der Waals surface area contributed by atoms with Crippen molar-refractivity contribution in [2.75, 3.05) is 0 Å². The summed E-state index contributed by atoms with van der Waals surface area (Å²) in [5.41, 5.74) is 3.52. The van der Waals surface area contributed by atoms with Gasteiger partial charge >= 0.3 is 0 Å². The molecule has 10 nitrogen and oxygen atoms in total. The van der Waals surface area contributed by atoms with Gasteiger partial charge < -0.3 is 25.3 Å². The molecular formula is C20H21Cl3N6O4S. The molecular weight excluding hydrogens is 527 g/mol. The van der Waals surface area contributed by atoms with E-state index in [0.717, 1.165) is 5.56 Å². The normalized spacial score (nSPS) is 10.3. The van der Waals surface area contributed by atoms with Crippen LogP contribution in [0.1, 0.15) is 22.5 Å². The fraction of sp³-hybridized carbons (Fsp3) is 0.200. The molecule has 0 bridgehead atoms. The fourth-order valence-corrected chi connectivity index (χ4v) is 3.02. The van der Waals surface area contributed by atoms with Gasteiger partial charge in [-0.2, -0.15) is 0 Å². The van der Waals surface area contributed by atoms with Crippen LogP contribution in [0.15, 0.2) is 37.2 Å². The minimum atomic E-state index is -1.67. The molecule has 4 aromatic heterocycles. The van der Waals surface area contributed by atoms with Crippen molar-refractivity contribution >= 4 is 42.2 Å². The molecule has 4 aromatic rings. The molecule has 0 unspecified atom stereocenters. The SMILES string of the molecule is Cc1ncc(CCl)c(-c2ncc[nH]2)c1O.Cc1ncc(CO)c(-c2ncc[nH]2)c1O.O=S(Cl)Cl. The fourth-order valence-electron chi connectivity index (χ4n) is 2.82. The Labute approximate surface area is 211 Å². The Morgan fingerprint density at radius 1 is 0.853 bits per heavy atom. The molecule has 0 saturated carbocycles. The maximum Gasteiger partial charge on any atom is 0.211 e. The third-order valence-corrected chi connectivity index (χ3v) is 4.70. The molecule has 0 spiro atoms. The van der Waals surface area contributed by atoms with Crippen LogP contribution in [0.25, 0.3) is 22.8 Å². The first-order valence-electron chi connectivity index (χ1n) is 9.46. The number of hydrogen-bond acceptors (Lipinski definition) is 8. The zero-order chi connectivity index (χ0) is 25.3. The summed E-state index contributed by atoms with van der Waals surface area (Å²) in [6.45, 7) is 3.25. The summed E-state index contributed by atoms with van der Waals surface area (Å²) in [5, 5.41) is 28.9. The van der Waals surface area contributed by atoms with Gasteiger partial charge in [0.05, 0.1) is 29.1 Å². The Hall–Kier alpha value is -2.70. The van der Waals surface area contributed by atoms with Gasteiger partial charge in [0, 0.05) is 70.0 Å². The van der Waals surface area contributed by atoms with Crippen molar-refractivity contribution in [2.24, 2.45) is 0 Å². The summed E-state index contributed by atoms with van der Waals surface area (Å²) in [6, 6.07) is 0. The number of aromatic nitrogens is 6. The number of aliphatic hydroxyl groups is 1. The lowest BCUT2D eigenvalue weighted by molar-refractivity contribution is 0.281.